The number of pyridine rings is 2. The first-order chi connectivity index (χ1) is 19.2. The van der Waals surface area contributed by atoms with Gasteiger partial charge < -0.3 is 11.1 Å². The number of anilines is 1. The van der Waals surface area contributed by atoms with Crippen LogP contribution in [0.25, 0.3) is 0 Å². The molecule has 4 aromatic rings. The van der Waals surface area contributed by atoms with Crippen molar-refractivity contribution < 1.29 is 4.79 Å². The van der Waals surface area contributed by atoms with Crippen LogP contribution in [-0.2, 0) is 26.1 Å². The van der Waals surface area contributed by atoms with Gasteiger partial charge in [0.15, 0.2) is 0 Å². The number of primary amides is 1. The number of benzene rings is 2. The largest absolute Gasteiger partial charge is 0.351 e. The molecular formula is C32H37BrN6O. The van der Waals surface area contributed by atoms with Crippen LogP contribution in [0.4, 0.5) is 10.5 Å². The van der Waals surface area contributed by atoms with Gasteiger partial charge in [-0.2, -0.15) is 0 Å². The van der Waals surface area contributed by atoms with Crippen LogP contribution in [-0.4, -0.2) is 34.0 Å². The Morgan fingerprint density at radius 3 is 2.35 bits per heavy atom. The van der Waals surface area contributed by atoms with E-state index in [2.05, 4.69) is 45.5 Å². The number of urea groups is 1. The lowest BCUT2D eigenvalue weighted by molar-refractivity contribution is 0.169. The molecule has 2 heterocycles. The molecule has 0 saturated carbocycles. The first kappa shape index (κ1) is 29.4. The summed E-state index contributed by atoms with van der Waals surface area (Å²) in [5.41, 5.74) is 12.6. The topological polar surface area (TPSA) is 87.4 Å². The van der Waals surface area contributed by atoms with Gasteiger partial charge in [0.25, 0.3) is 0 Å². The zero-order valence-corrected chi connectivity index (χ0v) is 24.4. The molecule has 208 valence electrons. The zero-order valence-electron chi connectivity index (χ0n) is 22.7. The number of halogens is 1. The molecule has 2 aromatic heterocycles. The lowest BCUT2D eigenvalue weighted by Crippen LogP contribution is -2.43. The monoisotopic (exact) mass is 600 g/mol. The van der Waals surface area contributed by atoms with Gasteiger partial charge in [-0.05, 0) is 66.3 Å². The summed E-state index contributed by atoms with van der Waals surface area (Å²) < 4.78 is 0. The standard InChI is InChI=1S/C32H36N6O.BrH/c33-32(39)38(29-11-2-1-3-12-29)21-20-37(30-13-6-8-27-9-7-19-36-31(27)30)24-26-16-14-25(15-17-26)22-34-23-28-10-4-5-18-35-28;/h1-5,7,9-12,14-19,30,34H,6,8,13,20-24H2,(H2,33,39);1H. The highest BCUT2D eigenvalue weighted by molar-refractivity contribution is 8.93. The number of nitrogens with two attached hydrogens (primary N) is 1. The number of aromatic nitrogens is 2. The minimum Gasteiger partial charge on any atom is -0.351 e. The van der Waals surface area contributed by atoms with Gasteiger partial charge in [-0.1, -0.05) is 54.6 Å². The van der Waals surface area contributed by atoms with Crippen molar-refractivity contribution >= 4 is 28.7 Å². The summed E-state index contributed by atoms with van der Waals surface area (Å²) in [6, 6.07) is 28.4. The first-order valence-electron chi connectivity index (χ1n) is 13.7. The van der Waals surface area contributed by atoms with Gasteiger partial charge in [0.1, 0.15) is 0 Å². The number of amides is 2. The molecule has 0 radical (unpaired) electrons. The summed E-state index contributed by atoms with van der Waals surface area (Å²) in [5, 5.41) is 3.47. The molecule has 1 atom stereocenters. The number of hydrogen-bond donors (Lipinski definition) is 2. The minimum absolute atomic E-state index is 0. The summed E-state index contributed by atoms with van der Waals surface area (Å²) in [7, 11) is 0. The van der Waals surface area contributed by atoms with Crippen LogP contribution in [0.1, 0.15) is 47.0 Å². The van der Waals surface area contributed by atoms with Crippen LogP contribution < -0.4 is 16.0 Å². The zero-order chi connectivity index (χ0) is 26.9. The fourth-order valence-electron chi connectivity index (χ4n) is 5.32. The third-order valence-corrected chi connectivity index (χ3v) is 7.32. The number of rotatable bonds is 11. The third-order valence-electron chi connectivity index (χ3n) is 7.32. The van der Waals surface area contributed by atoms with Crippen LogP contribution >= 0.6 is 17.0 Å². The first-order valence-corrected chi connectivity index (χ1v) is 13.7. The molecule has 0 spiro atoms. The molecule has 2 amide bonds. The van der Waals surface area contributed by atoms with Crippen LogP contribution in [0.3, 0.4) is 0 Å². The second kappa shape index (κ2) is 14.7. The summed E-state index contributed by atoms with van der Waals surface area (Å²) in [5.74, 6) is 0. The smallest absolute Gasteiger partial charge is 0.319 e. The Morgan fingerprint density at radius 1 is 0.850 bits per heavy atom. The van der Waals surface area contributed by atoms with Crippen molar-refractivity contribution in [1.29, 1.82) is 0 Å². The molecule has 1 unspecified atom stereocenters. The van der Waals surface area contributed by atoms with Gasteiger partial charge in [-0.25, -0.2) is 4.79 Å². The average molecular weight is 602 g/mol. The predicted octanol–water partition coefficient (Wildman–Crippen LogP) is 5.81. The molecule has 0 fully saturated rings. The molecule has 8 heteroatoms. The summed E-state index contributed by atoms with van der Waals surface area (Å²) in [6.07, 6.45) is 6.94. The second-order valence-electron chi connectivity index (χ2n) is 9.99. The quantitative estimate of drug-likeness (QED) is 0.227. The normalized spacial score (nSPS) is 14.3. The molecule has 0 bridgehead atoms. The molecule has 40 heavy (non-hydrogen) atoms. The molecule has 0 saturated heterocycles. The summed E-state index contributed by atoms with van der Waals surface area (Å²) in [4.78, 5) is 25.6. The van der Waals surface area contributed by atoms with Crippen LogP contribution in [0.2, 0.25) is 0 Å². The van der Waals surface area contributed by atoms with E-state index < -0.39 is 6.03 Å². The molecule has 1 aliphatic rings. The predicted molar refractivity (Wildman–Crippen MR) is 165 cm³/mol. The van der Waals surface area contributed by atoms with Crippen molar-refractivity contribution in [2.75, 3.05) is 18.0 Å². The van der Waals surface area contributed by atoms with Gasteiger partial charge in [0.05, 0.1) is 17.4 Å². The van der Waals surface area contributed by atoms with Gasteiger partial charge in [-0.3, -0.25) is 19.8 Å². The van der Waals surface area contributed by atoms with Gasteiger partial charge in [-0.15, -0.1) is 17.0 Å². The van der Waals surface area contributed by atoms with Crippen LogP contribution in [0, 0.1) is 0 Å². The number of nitrogens with one attached hydrogen (secondary N) is 1. The number of aryl methyl sites for hydroxylation is 1. The van der Waals surface area contributed by atoms with Gasteiger partial charge >= 0.3 is 6.03 Å². The maximum Gasteiger partial charge on any atom is 0.319 e. The van der Waals surface area contributed by atoms with Crippen molar-refractivity contribution in [3.05, 3.63) is 125 Å². The Hall–Kier alpha value is -3.59. The second-order valence-corrected chi connectivity index (χ2v) is 9.99. The number of hydrogen-bond acceptors (Lipinski definition) is 5. The van der Waals surface area contributed by atoms with E-state index in [1.165, 1.54) is 16.7 Å². The molecule has 7 nitrogen and oxygen atoms in total. The van der Waals surface area contributed by atoms with Crippen molar-refractivity contribution in [3.8, 4) is 0 Å². The lowest BCUT2D eigenvalue weighted by Gasteiger charge is -2.36. The summed E-state index contributed by atoms with van der Waals surface area (Å²) >= 11 is 0. The fraction of sp³-hybridized carbons (Fsp3) is 0.281. The highest BCUT2D eigenvalue weighted by Gasteiger charge is 2.28. The molecule has 1 aliphatic carbocycles. The Labute approximate surface area is 247 Å². The fourth-order valence-corrected chi connectivity index (χ4v) is 5.32. The third kappa shape index (κ3) is 7.75. The van der Waals surface area contributed by atoms with E-state index in [9.17, 15) is 4.79 Å². The van der Waals surface area contributed by atoms with Crippen LogP contribution in [0.5, 0.6) is 0 Å². The van der Waals surface area contributed by atoms with E-state index in [-0.39, 0.29) is 23.0 Å². The van der Waals surface area contributed by atoms with E-state index in [0.29, 0.717) is 13.1 Å². The molecule has 3 N–H and O–H groups in total. The SMILES string of the molecule is Br.NC(=O)N(CCN(Cc1ccc(CNCc2ccccn2)cc1)C1CCCc2cccnc21)c1ccccc1. The Morgan fingerprint density at radius 2 is 1.60 bits per heavy atom. The number of para-hydroxylation sites is 1. The van der Waals surface area contributed by atoms with Crippen molar-refractivity contribution in [1.82, 2.24) is 20.2 Å². The van der Waals surface area contributed by atoms with Crippen LogP contribution in [0.15, 0.2) is 97.3 Å². The highest BCUT2D eigenvalue weighted by atomic mass is 79.9. The van der Waals surface area contributed by atoms with Gasteiger partial charge in [0.2, 0.25) is 0 Å². The van der Waals surface area contributed by atoms with Gasteiger partial charge in [0, 0.05) is 50.8 Å². The molecular weight excluding hydrogens is 564 g/mol. The molecule has 5 rings (SSSR count). The summed E-state index contributed by atoms with van der Waals surface area (Å²) in [6.45, 7) is 3.48. The van der Waals surface area contributed by atoms with Crippen molar-refractivity contribution in [3.63, 3.8) is 0 Å². The Balaban J connectivity index is 0.00000370. The maximum absolute atomic E-state index is 12.4. The van der Waals surface area contributed by atoms with Crippen molar-refractivity contribution in [2.45, 2.75) is 44.9 Å². The minimum atomic E-state index is -0.439. The lowest BCUT2D eigenvalue weighted by atomic mass is 9.90. The number of fused-ring (bicyclic) bond motifs is 1. The van der Waals surface area contributed by atoms with E-state index in [1.54, 1.807) is 4.90 Å². The molecule has 0 aliphatic heterocycles. The number of carbonyl (C=O) groups is 1. The van der Waals surface area contributed by atoms with Crippen molar-refractivity contribution in [2.24, 2.45) is 5.73 Å². The number of carbonyl (C=O) groups excluding carboxylic acids is 1. The highest BCUT2D eigenvalue weighted by Crippen LogP contribution is 2.33. The Bertz CT molecular complexity index is 1340. The van der Waals surface area contributed by atoms with E-state index in [0.717, 1.165) is 56.0 Å². The number of nitrogens with zero attached hydrogens (tertiary/aromatic N) is 4. The maximum atomic E-state index is 12.4. The van der Waals surface area contributed by atoms with E-state index in [4.69, 9.17) is 10.7 Å². The van der Waals surface area contributed by atoms with E-state index in [1.807, 2.05) is 67.0 Å². The van der Waals surface area contributed by atoms with E-state index >= 15 is 0 Å². The Kier molecular flexibility index (Phi) is 10.8. The average Bonchev–Trinajstić information content (AvgIpc) is 2.98. The molecule has 2 aromatic carbocycles.